The molecule has 2 aromatic rings. The van der Waals surface area contributed by atoms with Crippen molar-refractivity contribution in [2.45, 2.75) is 20.0 Å². The van der Waals surface area contributed by atoms with Gasteiger partial charge in [0.2, 0.25) is 0 Å². The Bertz CT molecular complexity index is 686. The van der Waals surface area contributed by atoms with E-state index in [2.05, 4.69) is 15.6 Å². The lowest BCUT2D eigenvalue weighted by atomic mass is 10.1. The highest BCUT2D eigenvalue weighted by atomic mass is 19.1. The van der Waals surface area contributed by atoms with E-state index in [-0.39, 0.29) is 5.82 Å². The van der Waals surface area contributed by atoms with Gasteiger partial charge in [-0.05, 0) is 30.2 Å². The monoisotopic (exact) mass is 315 g/mol. The van der Waals surface area contributed by atoms with Crippen LogP contribution in [-0.4, -0.2) is 20.1 Å². The van der Waals surface area contributed by atoms with E-state index in [9.17, 15) is 4.39 Å². The van der Waals surface area contributed by atoms with Gasteiger partial charge in [-0.2, -0.15) is 0 Å². The summed E-state index contributed by atoms with van der Waals surface area (Å²) >= 11 is 0. The number of benzene rings is 2. The molecule has 2 N–H and O–H groups in total. The van der Waals surface area contributed by atoms with E-state index in [1.807, 2.05) is 31.2 Å². The van der Waals surface area contributed by atoms with E-state index in [1.165, 1.54) is 6.07 Å². The third-order valence-corrected chi connectivity index (χ3v) is 3.56. The molecule has 0 amide bonds. The Morgan fingerprint density at radius 1 is 1.13 bits per heavy atom. The van der Waals surface area contributed by atoms with E-state index >= 15 is 0 Å². The SMILES string of the molecule is CN=C(NCc1ccc(C)c(OC)c1)NCc1ccccc1F. The van der Waals surface area contributed by atoms with Gasteiger partial charge in [0.15, 0.2) is 5.96 Å². The molecular weight excluding hydrogens is 293 g/mol. The zero-order chi connectivity index (χ0) is 16.7. The molecule has 0 saturated heterocycles. The largest absolute Gasteiger partial charge is 0.496 e. The highest BCUT2D eigenvalue weighted by Crippen LogP contribution is 2.18. The second kappa shape index (κ2) is 8.17. The molecule has 0 aliphatic carbocycles. The fourth-order valence-electron chi connectivity index (χ4n) is 2.20. The van der Waals surface area contributed by atoms with Gasteiger partial charge in [-0.1, -0.05) is 30.3 Å². The molecule has 0 aliphatic heterocycles. The lowest BCUT2D eigenvalue weighted by Crippen LogP contribution is -2.36. The van der Waals surface area contributed by atoms with Crippen LogP contribution in [0.2, 0.25) is 0 Å². The third kappa shape index (κ3) is 4.71. The van der Waals surface area contributed by atoms with E-state index in [1.54, 1.807) is 26.3 Å². The minimum absolute atomic E-state index is 0.223. The van der Waals surface area contributed by atoms with Crippen LogP contribution in [0.15, 0.2) is 47.5 Å². The number of halogens is 1. The fourth-order valence-corrected chi connectivity index (χ4v) is 2.20. The first kappa shape index (κ1) is 16.8. The number of aliphatic imine (C=N–C) groups is 1. The number of nitrogens with one attached hydrogen (secondary N) is 2. The molecule has 2 aromatic carbocycles. The molecule has 0 heterocycles. The average Bonchev–Trinajstić information content (AvgIpc) is 2.57. The summed E-state index contributed by atoms with van der Waals surface area (Å²) in [7, 11) is 3.35. The van der Waals surface area contributed by atoms with Gasteiger partial charge in [0.25, 0.3) is 0 Å². The number of hydrogen-bond donors (Lipinski definition) is 2. The molecule has 0 bridgehead atoms. The molecule has 0 saturated carbocycles. The minimum atomic E-state index is -0.223. The Kier molecular flexibility index (Phi) is 5.97. The van der Waals surface area contributed by atoms with Crippen molar-refractivity contribution in [1.82, 2.24) is 10.6 Å². The van der Waals surface area contributed by atoms with Crippen LogP contribution in [0, 0.1) is 12.7 Å². The topological polar surface area (TPSA) is 45.7 Å². The lowest BCUT2D eigenvalue weighted by molar-refractivity contribution is 0.411. The number of rotatable bonds is 5. The molecule has 0 fully saturated rings. The number of hydrogen-bond acceptors (Lipinski definition) is 2. The summed E-state index contributed by atoms with van der Waals surface area (Å²) in [6.45, 7) is 2.99. The Labute approximate surface area is 136 Å². The molecule has 0 radical (unpaired) electrons. The van der Waals surface area contributed by atoms with Crippen LogP contribution < -0.4 is 15.4 Å². The molecule has 23 heavy (non-hydrogen) atoms. The molecule has 0 spiro atoms. The van der Waals surface area contributed by atoms with Crippen molar-refractivity contribution in [3.05, 3.63) is 65.0 Å². The zero-order valence-corrected chi connectivity index (χ0v) is 13.7. The second-order valence-electron chi connectivity index (χ2n) is 5.17. The summed E-state index contributed by atoms with van der Waals surface area (Å²) in [6.07, 6.45) is 0. The van der Waals surface area contributed by atoms with Gasteiger partial charge in [-0.3, -0.25) is 4.99 Å². The Morgan fingerprint density at radius 2 is 1.87 bits per heavy atom. The van der Waals surface area contributed by atoms with Crippen molar-refractivity contribution < 1.29 is 9.13 Å². The first-order valence-corrected chi connectivity index (χ1v) is 7.45. The normalized spacial score (nSPS) is 11.2. The Balaban J connectivity index is 1.92. The van der Waals surface area contributed by atoms with Crippen molar-refractivity contribution in [3.8, 4) is 5.75 Å². The van der Waals surface area contributed by atoms with Crippen molar-refractivity contribution in [3.63, 3.8) is 0 Å². The van der Waals surface area contributed by atoms with Crippen molar-refractivity contribution in [1.29, 1.82) is 0 Å². The highest BCUT2D eigenvalue weighted by Gasteiger charge is 2.04. The molecule has 2 rings (SSSR count). The zero-order valence-electron chi connectivity index (χ0n) is 13.7. The number of ether oxygens (including phenoxy) is 1. The molecule has 122 valence electrons. The van der Waals surface area contributed by atoms with E-state index in [4.69, 9.17) is 4.74 Å². The fraction of sp³-hybridized carbons (Fsp3) is 0.278. The van der Waals surface area contributed by atoms with E-state index in [0.717, 1.165) is 16.9 Å². The molecular formula is C18H22FN3O. The Hall–Kier alpha value is -2.56. The lowest BCUT2D eigenvalue weighted by Gasteiger charge is -2.13. The van der Waals surface area contributed by atoms with Crippen LogP contribution in [0.4, 0.5) is 4.39 Å². The molecule has 0 aliphatic rings. The van der Waals surface area contributed by atoms with E-state index in [0.29, 0.717) is 24.6 Å². The highest BCUT2D eigenvalue weighted by molar-refractivity contribution is 5.79. The van der Waals surface area contributed by atoms with Crippen LogP contribution in [0.3, 0.4) is 0 Å². The van der Waals surface area contributed by atoms with E-state index < -0.39 is 0 Å². The van der Waals surface area contributed by atoms with Crippen LogP contribution >= 0.6 is 0 Å². The molecule has 5 heteroatoms. The molecule has 0 unspecified atom stereocenters. The maximum absolute atomic E-state index is 13.6. The van der Waals surface area contributed by atoms with Gasteiger partial charge in [0.05, 0.1) is 7.11 Å². The third-order valence-electron chi connectivity index (χ3n) is 3.56. The summed E-state index contributed by atoms with van der Waals surface area (Å²) in [5.74, 6) is 1.25. The standard InChI is InChI=1S/C18H22FN3O/c1-13-8-9-14(10-17(13)23-3)11-21-18(20-2)22-12-15-6-4-5-7-16(15)19/h4-10H,11-12H2,1-3H3,(H2,20,21,22). The van der Waals surface area contributed by atoms with Gasteiger partial charge in [-0.15, -0.1) is 0 Å². The van der Waals surface area contributed by atoms with Crippen LogP contribution in [0.5, 0.6) is 5.75 Å². The minimum Gasteiger partial charge on any atom is -0.496 e. The van der Waals surface area contributed by atoms with Crippen LogP contribution in [-0.2, 0) is 13.1 Å². The van der Waals surface area contributed by atoms with Crippen molar-refractivity contribution >= 4 is 5.96 Å². The first-order valence-electron chi connectivity index (χ1n) is 7.45. The van der Waals surface area contributed by atoms with Crippen LogP contribution in [0.1, 0.15) is 16.7 Å². The van der Waals surface area contributed by atoms with Gasteiger partial charge in [0, 0.05) is 25.7 Å². The number of methoxy groups -OCH3 is 1. The number of aryl methyl sites for hydroxylation is 1. The van der Waals surface area contributed by atoms with Crippen LogP contribution in [0.25, 0.3) is 0 Å². The maximum Gasteiger partial charge on any atom is 0.191 e. The van der Waals surface area contributed by atoms with Gasteiger partial charge in [0.1, 0.15) is 11.6 Å². The second-order valence-corrected chi connectivity index (χ2v) is 5.17. The van der Waals surface area contributed by atoms with Gasteiger partial charge < -0.3 is 15.4 Å². The molecule has 4 nitrogen and oxygen atoms in total. The average molecular weight is 315 g/mol. The predicted octanol–water partition coefficient (Wildman–Crippen LogP) is 3.01. The summed E-state index contributed by atoms with van der Waals surface area (Å²) in [6, 6.07) is 12.7. The Morgan fingerprint density at radius 3 is 2.57 bits per heavy atom. The maximum atomic E-state index is 13.6. The number of guanidine groups is 1. The van der Waals surface area contributed by atoms with Crippen molar-refractivity contribution in [2.75, 3.05) is 14.2 Å². The number of nitrogens with zero attached hydrogens (tertiary/aromatic N) is 1. The quantitative estimate of drug-likeness (QED) is 0.658. The van der Waals surface area contributed by atoms with Crippen molar-refractivity contribution in [2.24, 2.45) is 4.99 Å². The molecule has 0 aromatic heterocycles. The van der Waals surface area contributed by atoms with Gasteiger partial charge in [-0.25, -0.2) is 4.39 Å². The first-order chi connectivity index (χ1) is 11.1. The summed E-state index contributed by atoms with van der Waals surface area (Å²) < 4.78 is 18.9. The summed E-state index contributed by atoms with van der Waals surface area (Å²) in [4.78, 5) is 4.15. The predicted molar refractivity (Wildman–Crippen MR) is 91.2 cm³/mol. The summed E-state index contributed by atoms with van der Waals surface area (Å²) in [5.41, 5.74) is 2.78. The van der Waals surface area contributed by atoms with Gasteiger partial charge >= 0.3 is 0 Å². The molecule has 0 atom stereocenters. The smallest absolute Gasteiger partial charge is 0.191 e. The summed E-state index contributed by atoms with van der Waals surface area (Å²) in [5, 5.41) is 6.31.